The van der Waals surface area contributed by atoms with Crippen molar-refractivity contribution in [2.45, 2.75) is 6.18 Å². The van der Waals surface area contributed by atoms with Crippen LogP contribution in [-0.4, -0.2) is 4.92 Å². The van der Waals surface area contributed by atoms with Crippen molar-refractivity contribution in [3.8, 4) is 0 Å². The van der Waals surface area contributed by atoms with Gasteiger partial charge in [-0.25, -0.2) is 0 Å². The van der Waals surface area contributed by atoms with Gasteiger partial charge in [-0.15, -0.1) is 0 Å². The summed E-state index contributed by atoms with van der Waals surface area (Å²) in [7, 11) is 0. The van der Waals surface area contributed by atoms with Crippen LogP contribution < -0.4 is 0 Å². The van der Waals surface area contributed by atoms with Gasteiger partial charge in [0.2, 0.25) is 0 Å². The fourth-order valence-electron chi connectivity index (χ4n) is 1.07. The molecule has 0 fully saturated rings. The van der Waals surface area contributed by atoms with Gasteiger partial charge >= 0.3 is 6.18 Å². The van der Waals surface area contributed by atoms with Crippen molar-refractivity contribution in [3.63, 3.8) is 0 Å². The van der Waals surface area contributed by atoms with Crippen LogP contribution in [0.3, 0.4) is 0 Å². The molecule has 1 radical (unpaired) electrons. The molecule has 1 aromatic rings. The number of rotatable bonds is 1. The predicted molar refractivity (Wildman–Crippen MR) is 42.6 cm³/mol. The Balaban J connectivity index is 3.45. The van der Waals surface area contributed by atoms with Gasteiger partial charge in [-0.3, -0.25) is 10.1 Å². The fourth-order valence-corrected chi connectivity index (χ4v) is 1.07. The van der Waals surface area contributed by atoms with E-state index in [1.165, 1.54) is 0 Å². The second-order valence-electron chi connectivity index (χ2n) is 2.57. The molecule has 0 spiro atoms. The summed E-state index contributed by atoms with van der Waals surface area (Å²) in [4.78, 5) is 9.23. The molecule has 0 aliphatic carbocycles. The lowest BCUT2D eigenvalue weighted by molar-refractivity contribution is -0.388. The van der Waals surface area contributed by atoms with Crippen molar-refractivity contribution >= 4 is 5.69 Å². The highest BCUT2D eigenvalue weighted by Crippen LogP contribution is 2.37. The molecular weight excluding hydrogens is 199 g/mol. The Morgan fingerprint density at radius 2 is 1.93 bits per heavy atom. The fraction of sp³-hybridized carbons (Fsp3) is 0.125. The highest BCUT2D eigenvalue weighted by molar-refractivity contribution is 5.48. The lowest BCUT2D eigenvalue weighted by Gasteiger charge is -2.09. The Labute approximate surface area is 77.3 Å². The smallest absolute Gasteiger partial charge is 0.258 e. The molecule has 1 rings (SSSR count). The standard InChI is InChI=1S/C8H5F3NO2/c1-5-3-2-4-6(12(13)14)7(5)8(9,10)11/h2-4H,1H2. The lowest BCUT2D eigenvalue weighted by atomic mass is 10.1. The zero-order valence-corrected chi connectivity index (χ0v) is 6.84. The van der Waals surface area contributed by atoms with Crippen molar-refractivity contribution in [3.05, 3.63) is 46.4 Å². The quantitative estimate of drug-likeness (QED) is 0.521. The van der Waals surface area contributed by atoms with E-state index in [0.29, 0.717) is 0 Å². The monoisotopic (exact) mass is 204 g/mol. The van der Waals surface area contributed by atoms with Crippen LogP contribution in [0.1, 0.15) is 11.1 Å². The van der Waals surface area contributed by atoms with E-state index < -0.39 is 27.9 Å². The maximum absolute atomic E-state index is 12.3. The summed E-state index contributed by atoms with van der Waals surface area (Å²) in [5.74, 6) is 0. The summed E-state index contributed by atoms with van der Waals surface area (Å²) in [6.07, 6.45) is -4.75. The van der Waals surface area contributed by atoms with Crippen molar-refractivity contribution in [1.82, 2.24) is 0 Å². The molecule has 0 saturated heterocycles. The number of alkyl halides is 3. The molecule has 0 bridgehead atoms. The third-order valence-electron chi connectivity index (χ3n) is 1.61. The van der Waals surface area contributed by atoms with Crippen molar-refractivity contribution in [1.29, 1.82) is 0 Å². The van der Waals surface area contributed by atoms with E-state index >= 15 is 0 Å². The molecule has 0 heterocycles. The van der Waals surface area contributed by atoms with Gasteiger partial charge in [0.25, 0.3) is 5.69 Å². The number of hydrogen-bond donors (Lipinski definition) is 0. The van der Waals surface area contributed by atoms with E-state index in [2.05, 4.69) is 6.92 Å². The number of nitro groups is 1. The molecule has 1 aromatic carbocycles. The van der Waals surface area contributed by atoms with Gasteiger partial charge in [-0.2, -0.15) is 13.2 Å². The highest BCUT2D eigenvalue weighted by Gasteiger charge is 2.39. The maximum atomic E-state index is 12.3. The molecule has 0 saturated carbocycles. The minimum Gasteiger partial charge on any atom is -0.258 e. The Kier molecular flexibility index (Phi) is 2.46. The van der Waals surface area contributed by atoms with Gasteiger partial charge in [-0.1, -0.05) is 12.1 Å². The summed E-state index contributed by atoms with van der Waals surface area (Å²) in [6, 6.07) is 3.04. The average molecular weight is 204 g/mol. The van der Waals surface area contributed by atoms with Crippen molar-refractivity contribution < 1.29 is 18.1 Å². The SMILES string of the molecule is [CH2]c1cccc([N+](=O)[O-])c1C(F)(F)F. The summed E-state index contributed by atoms with van der Waals surface area (Å²) < 4.78 is 37.0. The second-order valence-corrected chi connectivity index (χ2v) is 2.57. The molecule has 0 unspecified atom stereocenters. The van der Waals surface area contributed by atoms with E-state index in [4.69, 9.17) is 0 Å². The second kappa shape index (κ2) is 3.28. The van der Waals surface area contributed by atoms with Crippen LogP contribution >= 0.6 is 0 Å². The minimum atomic E-state index is -4.75. The first-order valence-corrected chi connectivity index (χ1v) is 3.50. The summed E-state index contributed by atoms with van der Waals surface area (Å²) in [6.45, 7) is 3.11. The summed E-state index contributed by atoms with van der Waals surface area (Å²) >= 11 is 0. The average Bonchev–Trinajstić information content (AvgIpc) is 2.01. The van der Waals surface area contributed by atoms with E-state index in [9.17, 15) is 23.3 Å². The van der Waals surface area contributed by atoms with Crippen LogP contribution in [0.15, 0.2) is 18.2 Å². The van der Waals surface area contributed by atoms with E-state index in [1.54, 1.807) is 0 Å². The molecule has 6 heteroatoms. The molecule has 3 nitrogen and oxygen atoms in total. The van der Waals surface area contributed by atoms with Gasteiger partial charge in [0.1, 0.15) is 5.56 Å². The zero-order valence-electron chi connectivity index (χ0n) is 6.84. The molecule has 0 amide bonds. The summed E-state index contributed by atoms with van der Waals surface area (Å²) in [5, 5.41) is 10.3. The Morgan fingerprint density at radius 1 is 1.36 bits per heavy atom. The molecule has 0 N–H and O–H groups in total. The Hall–Kier alpha value is -1.59. The van der Waals surface area contributed by atoms with Gasteiger partial charge in [0, 0.05) is 6.07 Å². The molecule has 75 valence electrons. The summed E-state index contributed by atoms with van der Waals surface area (Å²) in [5.41, 5.74) is -2.65. The number of benzene rings is 1. The third-order valence-corrected chi connectivity index (χ3v) is 1.61. The van der Waals surface area contributed by atoms with Crippen LogP contribution in [0.2, 0.25) is 0 Å². The largest absolute Gasteiger partial charge is 0.423 e. The van der Waals surface area contributed by atoms with Gasteiger partial charge in [0.15, 0.2) is 0 Å². The Morgan fingerprint density at radius 3 is 2.29 bits per heavy atom. The van der Waals surface area contributed by atoms with E-state index in [-0.39, 0.29) is 0 Å². The molecule has 0 aliphatic heterocycles. The van der Waals surface area contributed by atoms with Crippen LogP contribution in [0.4, 0.5) is 18.9 Å². The first kappa shape index (κ1) is 10.5. The predicted octanol–water partition coefficient (Wildman–Crippen LogP) is 2.80. The zero-order chi connectivity index (χ0) is 10.9. The van der Waals surface area contributed by atoms with Crippen LogP contribution in [0, 0.1) is 17.0 Å². The normalized spacial score (nSPS) is 11.4. The topological polar surface area (TPSA) is 43.1 Å². The number of nitro benzene ring substituents is 1. The van der Waals surface area contributed by atoms with Gasteiger partial charge in [-0.05, 0) is 12.5 Å². The van der Waals surface area contributed by atoms with E-state index in [1.807, 2.05) is 0 Å². The molecule has 0 atom stereocenters. The molecule has 14 heavy (non-hydrogen) atoms. The molecule has 0 aromatic heterocycles. The highest BCUT2D eigenvalue weighted by atomic mass is 19.4. The van der Waals surface area contributed by atoms with Crippen LogP contribution in [0.25, 0.3) is 0 Å². The first-order chi connectivity index (χ1) is 6.34. The molecule has 0 aliphatic rings. The third kappa shape index (κ3) is 1.84. The van der Waals surface area contributed by atoms with Crippen LogP contribution in [-0.2, 0) is 6.18 Å². The number of halogens is 3. The Bertz CT molecular complexity index is 373. The van der Waals surface area contributed by atoms with E-state index in [0.717, 1.165) is 18.2 Å². The van der Waals surface area contributed by atoms with Crippen molar-refractivity contribution in [2.75, 3.05) is 0 Å². The number of nitrogens with zero attached hydrogens (tertiary/aromatic N) is 1. The van der Waals surface area contributed by atoms with Crippen LogP contribution in [0.5, 0.6) is 0 Å². The van der Waals surface area contributed by atoms with Gasteiger partial charge in [0.05, 0.1) is 4.92 Å². The number of hydrogen-bond acceptors (Lipinski definition) is 2. The maximum Gasteiger partial charge on any atom is 0.423 e. The molecular formula is C8H5F3NO2. The minimum absolute atomic E-state index is 0.397. The first-order valence-electron chi connectivity index (χ1n) is 3.50. The lowest BCUT2D eigenvalue weighted by Crippen LogP contribution is -2.10. The van der Waals surface area contributed by atoms with Gasteiger partial charge < -0.3 is 0 Å². The van der Waals surface area contributed by atoms with Crippen molar-refractivity contribution in [2.24, 2.45) is 0 Å².